The van der Waals surface area contributed by atoms with Gasteiger partial charge < -0.3 is 5.73 Å². The Balaban J connectivity index is 2.59. The van der Waals surface area contributed by atoms with E-state index in [4.69, 9.17) is 5.73 Å². The van der Waals surface area contributed by atoms with Crippen LogP contribution in [0.25, 0.3) is 0 Å². The molecule has 0 aliphatic carbocycles. The van der Waals surface area contributed by atoms with Gasteiger partial charge in [-0.05, 0) is 18.1 Å². The van der Waals surface area contributed by atoms with Gasteiger partial charge in [0.15, 0.2) is 5.69 Å². The molecular formula is C13H19N5O2. The maximum Gasteiger partial charge on any atom is 0.332 e. The van der Waals surface area contributed by atoms with Gasteiger partial charge in [-0.2, -0.15) is 0 Å². The second-order valence-electron chi connectivity index (χ2n) is 5.11. The van der Waals surface area contributed by atoms with E-state index >= 15 is 0 Å². The van der Waals surface area contributed by atoms with E-state index in [1.54, 1.807) is 17.1 Å². The maximum atomic E-state index is 12.2. The van der Waals surface area contributed by atoms with Gasteiger partial charge in [0, 0.05) is 26.0 Å². The summed E-state index contributed by atoms with van der Waals surface area (Å²) in [5, 5.41) is 0. The van der Waals surface area contributed by atoms with Gasteiger partial charge in [-0.3, -0.25) is 24.0 Å². The number of hydrogen-bond donors (Lipinski definition) is 2. The van der Waals surface area contributed by atoms with E-state index in [0.29, 0.717) is 6.54 Å². The first-order chi connectivity index (χ1) is 9.41. The molecule has 0 amide bonds. The molecule has 7 heteroatoms. The fourth-order valence-corrected chi connectivity index (χ4v) is 1.97. The topological polar surface area (TPSA) is 87.0 Å². The van der Waals surface area contributed by atoms with Crippen molar-refractivity contribution < 1.29 is 0 Å². The van der Waals surface area contributed by atoms with Crippen molar-refractivity contribution in [2.45, 2.75) is 20.4 Å². The molecule has 7 nitrogen and oxygen atoms in total. The minimum Gasteiger partial charge on any atom is -0.383 e. The Kier molecular flexibility index (Phi) is 3.69. The van der Waals surface area contributed by atoms with Crippen LogP contribution in [-0.4, -0.2) is 13.8 Å². The fourth-order valence-electron chi connectivity index (χ4n) is 1.97. The standard InChI is InChI=1S/C13H19N5O2/c1-9(2)8-18-11(14)10(12(19)16(3)13(18)20)15-17-6-4-5-7-17/h4-7,9,15H,8,14H2,1-3H3. The zero-order valence-corrected chi connectivity index (χ0v) is 11.8. The SMILES string of the molecule is CC(C)Cn1c(N)c(Nn2cccc2)c(=O)n(C)c1=O. The van der Waals surface area contributed by atoms with Crippen molar-refractivity contribution in [3.05, 3.63) is 45.4 Å². The number of rotatable bonds is 4. The van der Waals surface area contributed by atoms with Crippen LogP contribution in [0.2, 0.25) is 0 Å². The predicted octanol–water partition coefficient (Wildman–Crippen LogP) is 0.462. The molecule has 0 aliphatic rings. The van der Waals surface area contributed by atoms with Crippen LogP contribution in [-0.2, 0) is 13.6 Å². The molecule has 20 heavy (non-hydrogen) atoms. The van der Waals surface area contributed by atoms with Gasteiger partial charge in [0.05, 0.1) is 0 Å². The van der Waals surface area contributed by atoms with Gasteiger partial charge >= 0.3 is 5.69 Å². The Bertz CT molecular complexity index is 710. The Hall–Kier alpha value is -2.44. The Morgan fingerprint density at radius 2 is 1.85 bits per heavy atom. The van der Waals surface area contributed by atoms with Crippen LogP contribution in [0.5, 0.6) is 0 Å². The van der Waals surface area contributed by atoms with E-state index in [1.165, 1.54) is 11.6 Å². The quantitative estimate of drug-likeness (QED) is 0.850. The van der Waals surface area contributed by atoms with Crippen molar-refractivity contribution in [3.8, 4) is 0 Å². The highest BCUT2D eigenvalue weighted by molar-refractivity contribution is 5.60. The third-order valence-corrected chi connectivity index (χ3v) is 2.98. The lowest BCUT2D eigenvalue weighted by molar-refractivity contribution is 0.494. The van der Waals surface area contributed by atoms with Crippen molar-refractivity contribution in [1.82, 2.24) is 13.8 Å². The molecule has 2 rings (SSSR count). The zero-order chi connectivity index (χ0) is 14.9. The van der Waals surface area contributed by atoms with Crippen molar-refractivity contribution in [2.75, 3.05) is 11.2 Å². The summed E-state index contributed by atoms with van der Waals surface area (Å²) in [5.74, 6) is 0.396. The van der Waals surface area contributed by atoms with Gasteiger partial charge in [-0.25, -0.2) is 4.79 Å². The van der Waals surface area contributed by atoms with Crippen LogP contribution in [0.15, 0.2) is 34.1 Å². The molecule has 0 radical (unpaired) electrons. The lowest BCUT2D eigenvalue weighted by Gasteiger charge is -2.17. The van der Waals surface area contributed by atoms with E-state index in [2.05, 4.69) is 5.43 Å². The largest absolute Gasteiger partial charge is 0.383 e. The first kappa shape index (κ1) is 14.0. The molecule has 0 fully saturated rings. The highest BCUT2D eigenvalue weighted by Crippen LogP contribution is 2.12. The van der Waals surface area contributed by atoms with Crippen LogP contribution in [0.4, 0.5) is 11.5 Å². The molecule has 0 aliphatic heterocycles. The van der Waals surface area contributed by atoms with Crippen LogP contribution in [0.1, 0.15) is 13.8 Å². The molecule has 0 aromatic carbocycles. The number of hydrogen-bond acceptors (Lipinski definition) is 4. The summed E-state index contributed by atoms with van der Waals surface area (Å²) in [6.07, 6.45) is 3.49. The molecule has 108 valence electrons. The number of nitrogens with one attached hydrogen (secondary N) is 1. The first-order valence-electron chi connectivity index (χ1n) is 6.41. The van der Waals surface area contributed by atoms with Crippen LogP contribution >= 0.6 is 0 Å². The van der Waals surface area contributed by atoms with Gasteiger partial charge in [0.1, 0.15) is 5.82 Å². The van der Waals surface area contributed by atoms with Crippen molar-refractivity contribution in [3.63, 3.8) is 0 Å². The second kappa shape index (κ2) is 5.28. The fraction of sp³-hybridized carbons (Fsp3) is 0.385. The molecule has 0 spiro atoms. The van der Waals surface area contributed by atoms with Gasteiger partial charge in [0.25, 0.3) is 5.56 Å². The summed E-state index contributed by atoms with van der Waals surface area (Å²) in [7, 11) is 1.45. The van der Waals surface area contributed by atoms with E-state index in [9.17, 15) is 9.59 Å². The Morgan fingerprint density at radius 1 is 1.25 bits per heavy atom. The minimum absolute atomic E-state index is 0.153. The third-order valence-electron chi connectivity index (χ3n) is 2.98. The maximum absolute atomic E-state index is 12.2. The smallest absolute Gasteiger partial charge is 0.332 e. The van der Waals surface area contributed by atoms with Crippen LogP contribution in [0, 0.1) is 5.92 Å². The monoisotopic (exact) mass is 277 g/mol. The number of anilines is 2. The first-order valence-corrected chi connectivity index (χ1v) is 6.41. The predicted molar refractivity (Wildman–Crippen MR) is 78.6 cm³/mol. The van der Waals surface area contributed by atoms with Gasteiger partial charge in [0.2, 0.25) is 0 Å². The summed E-state index contributed by atoms with van der Waals surface area (Å²) >= 11 is 0. The van der Waals surface area contributed by atoms with E-state index in [-0.39, 0.29) is 17.4 Å². The summed E-state index contributed by atoms with van der Waals surface area (Å²) in [4.78, 5) is 24.3. The Labute approximate surface area is 116 Å². The summed E-state index contributed by atoms with van der Waals surface area (Å²) in [6, 6.07) is 3.63. The molecule has 0 bridgehead atoms. The molecule has 0 saturated heterocycles. The number of nitrogens with two attached hydrogens (primary N) is 1. The van der Waals surface area contributed by atoms with Crippen molar-refractivity contribution in [1.29, 1.82) is 0 Å². The lowest BCUT2D eigenvalue weighted by atomic mass is 10.2. The molecule has 2 aromatic heterocycles. The molecular weight excluding hydrogens is 258 g/mol. The molecule has 0 unspecified atom stereocenters. The molecule has 0 saturated carbocycles. The summed E-state index contributed by atoms with van der Waals surface area (Å²) in [5.41, 5.74) is 8.24. The van der Waals surface area contributed by atoms with E-state index in [1.807, 2.05) is 26.0 Å². The summed E-state index contributed by atoms with van der Waals surface area (Å²) < 4.78 is 4.08. The zero-order valence-electron chi connectivity index (χ0n) is 11.8. The van der Waals surface area contributed by atoms with Crippen LogP contribution < -0.4 is 22.4 Å². The third kappa shape index (κ3) is 2.47. The normalized spacial score (nSPS) is 11.0. The van der Waals surface area contributed by atoms with Gasteiger partial charge in [-0.1, -0.05) is 13.8 Å². The van der Waals surface area contributed by atoms with Gasteiger partial charge in [-0.15, -0.1) is 0 Å². The molecule has 2 aromatic rings. The Morgan fingerprint density at radius 3 is 2.40 bits per heavy atom. The molecule has 3 N–H and O–H groups in total. The number of aromatic nitrogens is 3. The number of nitrogen functional groups attached to an aromatic ring is 1. The average molecular weight is 277 g/mol. The van der Waals surface area contributed by atoms with E-state index < -0.39 is 11.2 Å². The minimum atomic E-state index is -0.443. The lowest BCUT2D eigenvalue weighted by Crippen LogP contribution is -2.41. The summed E-state index contributed by atoms with van der Waals surface area (Å²) in [6.45, 7) is 4.42. The van der Waals surface area contributed by atoms with Crippen molar-refractivity contribution >= 4 is 11.5 Å². The highest BCUT2D eigenvalue weighted by atomic mass is 16.2. The molecule has 0 atom stereocenters. The second-order valence-corrected chi connectivity index (χ2v) is 5.11. The van der Waals surface area contributed by atoms with E-state index in [0.717, 1.165) is 4.57 Å². The molecule has 2 heterocycles. The average Bonchev–Trinajstić information content (AvgIpc) is 2.90. The van der Waals surface area contributed by atoms with Crippen molar-refractivity contribution in [2.24, 2.45) is 13.0 Å². The number of nitrogens with zero attached hydrogens (tertiary/aromatic N) is 3. The highest BCUT2D eigenvalue weighted by Gasteiger charge is 2.16. The van der Waals surface area contributed by atoms with Crippen LogP contribution in [0.3, 0.4) is 0 Å².